The lowest BCUT2D eigenvalue weighted by Crippen LogP contribution is -2.38. The minimum Gasteiger partial charge on any atom is -0.356 e. The summed E-state index contributed by atoms with van der Waals surface area (Å²) in [7, 11) is 5.25. The summed E-state index contributed by atoms with van der Waals surface area (Å²) >= 11 is 1.74. The van der Waals surface area contributed by atoms with Crippen LogP contribution in [0.25, 0.3) is 0 Å². The van der Waals surface area contributed by atoms with Gasteiger partial charge in [0.1, 0.15) is 0 Å². The highest BCUT2D eigenvalue weighted by molar-refractivity contribution is 7.98. The van der Waals surface area contributed by atoms with E-state index >= 15 is 0 Å². The molecule has 2 N–H and O–H groups in total. The largest absolute Gasteiger partial charge is 0.356 e. The van der Waals surface area contributed by atoms with Crippen molar-refractivity contribution in [3.05, 3.63) is 29.3 Å². The topological polar surface area (TPSA) is 56.7 Å². The Morgan fingerprint density at radius 3 is 2.64 bits per heavy atom. The Morgan fingerprint density at radius 2 is 2.05 bits per heavy atom. The quantitative estimate of drug-likeness (QED) is 0.477. The maximum absolute atomic E-state index is 11.5. The molecule has 122 valence electrons. The van der Waals surface area contributed by atoms with Gasteiger partial charge in [-0.05, 0) is 30.4 Å². The SMILES string of the molecule is CN=C(NCCC(=O)N(C)C)NCc1ccc(C)cc1SC. The lowest BCUT2D eigenvalue weighted by atomic mass is 10.1. The van der Waals surface area contributed by atoms with Crippen molar-refractivity contribution in [1.82, 2.24) is 15.5 Å². The standard InChI is InChI=1S/C16H26N4OS/c1-12-6-7-13(14(10-12)22-5)11-19-16(17-2)18-9-8-15(21)20(3)4/h6-7,10H,8-9,11H2,1-5H3,(H2,17,18,19). The molecular formula is C16H26N4OS. The maximum Gasteiger partial charge on any atom is 0.223 e. The van der Waals surface area contributed by atoms with Gasteiger partial charge in [0.2, 0.25) is 5.91 Å². The van der Waals surface area contributed by atoms with Gasteiger partial charge in [-0.15, -0.1) is 11.8 Å². The number of nitrogens with one attached hydrogen (secondary N) is 2. The molecule has 6 heteroatoms. The lowest BCUT2D eigenvalue weighted by molar-refractivity contribution is -0.128. The van der Waals surface area contributed by atoms with Crippen LogP contribution in [0.5, 0.6) is 0 Å². The molecule has 0 radical (unpaired) electrons. The van der Waals surface area contributed by atoms with Crippen molar-refractivity contribution in [2.24, 2.45) is 4.99 Å². The number of aliphatic imine (C=N–C) groups is 1. The highest BCUT2D eigenvalue weighted by atomic mass is 32.2. The molecule has 0 aliphatic rings. The average molecular weight is 322 g/mol. The van der Waals surface area contributed by atoms with Gasteiger partial charge in [0.05, 0.1) is 0 Å². The average Bonchev–Trinajstić information content (AvgIpc) is 2.51. The number of aryl methyl sites for hydroxylation is 1. The van der Waals surface area contributed by atoms with Gasteiger partial charge >= 0.3 is 0 Å². The third kappa shape index (κ3) is 5.97. The Morgan fingerprint density at radius 1 is 1.32 bits per heavy atom. The summed E-state index contributed by atoms with van der Waals surface area (Å²) in [5.41, 5.74) is 2.50. The highest BCUT2D eigenvalue weighted by Crippen LogP contribution is 2.21. The zero-order valence-corrected chi connectivity index (χ0v) is 14.9. The molecule has 1 aromatic carbocycles. The number of thioether (sulfide) groups is 1. The van der Waals surface area contributed by atoms with Gasteiger partial charge in [0.25, 0.3) is 0 Å². The van der Waals surface area contributed by atoms with Crippen LogP contribution in [0.15, 0.2) is 28.1 Å². The fraction of sp³-hybridized carbons (Fsp3) is 0.500. The number of carbonyl (C=O) groups excluding carboxylic acids is 1. The molecule has 0 bridgehead atoms. The highest BCUT2D eigenvalue weighted by Gasteiger charge is 2.06. The molecule has 0 heterocycles. The van der Waals surface area contributed by atoms with Crippen LogP contribution in [0.1, 0.15) is 17.5 Å². The number of amides is 1. The Bertz CT molecular complexity index is 529. The molecule has 0 saturated carbocycles. The Labute approximate surface area is 137 Å². The van der Waals surface area contributed by atoms with Crippen molar-refractivity contribution in [1.29, 1.82) is 0 Å². The molecule has 1 rings (SSSR count). The molecule has 0 unspecified atom stereocenters. The van der Waals surface area contributed by atoms with Crippen LogP contribution in [-0.4, -0.2) is 50.7 Å². The molecule has 0 fully saturated rings. The van der Waals surface area contributed by atoms with Crippen molar-refractivity contribution in [2.45, 2.75) is 24.8 Å². The van der Waals surface area contributed by atoms with Crippen LogP contribution in [0, 0.1) is 6.92 Å². The van der Waals surface area contributed by atoms with Crippen LogP contribution in [0.2, 0.25) is 0 Å². The summed E-state index contributed by atoms with van der Waals surface area (Å²) in [6, 6.07) is 6.44. The van der Waals surface area contributed by atoms with Crippen molar-refractivity contribution < 1.29 is 4.79 Å². The predicted molar refractivity (Wildman–Crippen MR) is 94.5 cm³/mol. The van der Waals surface area contributed by atoms with Crippen LogP contribution in [0.3, 0.4) is 0 Å². The summed E-state index contributed by atoms with van der Waals surface area (Å²) in [4.78, 5) is 18.6. The van der Waals surface area contributed by atoms with Crippen LogP contribution >= 0.6 is 11.8 Å². The van der Waals surface area contributed by atoms with Crippen LogP contribution in [0.4, 0.5) is 0 Å². The summed E-state index contributed by atoms with van der Waals surface area (Å²) in [5, 5.41) is 6.44. The number of hydrogen-bond acceptors (Lipinski definition) is 3. The Balaban J connectivity index is 2.49. The first kappa shape index (κ1) is 18.4. The van der Waals surface area contributed by atoms with Gasteiger partial charge in [-0.2, -0.15) is 0 Å². The summed E-state index contributed by atoms with van der Waals surface area (Å²) in [6.07, 6.45) is 2.53. The second kappa shape index (κ2) is 9.35. The molecule has 0 aliphatic carbocycles. The van der Waals surface area contributed by atoms with Crippen molar-refractivity contribution in [3.63, 3.8) is 0 Å². The second-order valence-electron chi connectivity index (χ2n) is 5.21. The molecular weight excluding hydrogens is 296 g/mol. The maximum atomic E-state index is 11.5. The van der Waals surface area contributed by atoms with E-state index in [1.165, 1.54) is 16.0 Å². The predicted octanol–water partition coefficient (Wildman–Crippen LogP) is 1.86. The van der Waals surface area contributed by atoms with E-state index in [1.54, 1.807) is 37.8 Å². The van der Waals surface area contributed by atoms with E-state index < -0.39 is 0 Å². The first-order valence-corrected chi connectivity index (χ1v) is 8.48. The van der Waals surface area contributed by atoms with Gasteiger partial charge in [-0.3, -0.25) is 9.79 Å². The third-order valence-electron chi connectivity index (χ3n) is 3.24. The molecule has 0 aliphatic heterocycles. The minimum absolute atomic E-state index is 0.103. The fourth-order valence-electron chi connectivity index (χ4n) is 1.91. The van der Waals surface area contributed by atoms with E-state index in [0.717, 1.165) is 0 Å². The van der Waals surface area contributed by atoms with E-state index in [4.69, 9.17) is 0 Å². The van der Waals surface area contributed by atoms with Crippen molar-refractivity contribution in [3.8, 4) is 0 Å². The van der Waals surface area contributed by atoms with Crippen LogP contribution in [-0.2, 0) is 11.3 Å². The van der Waals surface area contributed by atoms with Gasteiger partial charge in [0, 0.05) is 45.5 Å². The lowest BCUT2D eigenvalue weighted by Gasteiger charge is -2.15. The number of benzene rings is 1. The second-order valence-corrected chi connectivity index (χ2v) is 6.05. The first-order valence-electron chi connectivity index (χ1n) is 7.26. The van der Waals surface area contributed by atoms with Crippen molar-refractivity contribution >= 4 is 23.6 Å². The van der Waals surface area contributed by atoms with E-state index in [-0.39, 0.29) is 5.91 Å². The Kier molecular flexibility index (Phi) is 7.80. The van der Waals surface area contributed by atoms with E-state index in [9.17, 15) is 4.79 Å². The summed E-state index contributed by atoms with van der Waals surface area (Å²) in [6.45, 7) is 3.37. The first-order chi connectivity index (χ1) is 10.5. The van der Waals surface area contributed by atoms with E-state index in [0.29, 0.717) is 25.5 Å². The zero-order valence-electron chi connectivity index (χ0n) is 14.1. The number of hydrogen-bond donors (Lipinski definition) is 2. The van der Waals surface area contributed by atoms with Crippen LogP contribution < -0.4 is 10.6 Å². The number of carbonyl (C=O) groups is 1. The summed E-state index contributed by atoms with van der Waals surface area (Å²) < 4.78 is 0. The smallest absolute Gasteiger partial charge is 0.223 e. The van der Waals surface area contributed by atoms with E-state index in [2.05, 4.69) is 47.0 Å². The molecule has 5 nitrogen and oxygen atoms in total. The normalized spacial score (nSPS) is 11.2. The molecule has 22 heavy (non-hydrogen) atoms. The van der Waals surface area contributed by atoms with Gasteiger partial charge < -0.3 is 15.5 Å². The minimum atomic E-state index is 0.103. The molecule has 0 atom stereocenters. The molecule has 0 saturated heterocycles. The Hall–Kier alpha value is -1.69. The van der Waals surface area contributed by atoms with Gasteiger partial charge in [0.15, 0.2) is 5.96 Å². The van der Waals surface area contributed by atoms with Gasteiger partial charge in [-0.25, -0.2) is 0 Å². The molecule has 1 aromatic rings. The third-order valence-corrected chi connectivity index (χ3v) is 4.06. The summed E-state index contributed by atoms with van der Waals surface area (Å²) in [5.74, 6) is 0.811. The molecule has 1 amide bonds. The monoisotopic (exact) mass is 322 g/mol. The molecule has 0 spiro atoms. The zero-order chi connectivity index (χ0) is 16.5. The molecule has 0 aromatic heterocycles. The van der Waals surface area contributed by atoms with Crippen molar-refractivity contribution in [2.75, 3.05) is 33.9 Å². The fourth-order valence-corrected chi connectivity index (χ4v) is 2.61. The number of guanidine groups is 1. The van der Waals surface area contributed by atoms with E-state index in [1.807, 2.05) is 0 Å². The number of rotatable bonds is 6. The van der Waals surface area contributed by atoms with Gasteiger partial charge in [-0.1, -0.05) is 12.1 Å². The number of nitrogens with zero attached hydrogens (tertiary/aromatic N) is 2.